The summed E-state index contributed by atoms with van der Waals surface area (Å²) in [4.78, 5) is 2.48. The van der Waals surface area contributed by atoms with Crippen molar-refractivity contribution in [1.29, 1.82) is 0 Å². The van der Waals surface area contributed by atoms with Crippen molar-refractivity contribution in [2.24, 2.45) is 5.92 Å². The van der Waals surface area contributed by atoms with E-state index < -0.39 is 0 Å². The van der Waals surface area contributed by atoms with E-state index in [9.17, 15) is 0 Å². The Morgan fingerprint density at radius 2 is 1.74 bits per heavy atom. The number of likely N-dealkylation sites (N-methyl/N-ethyl adjacent to an activating group) is 2. The quantitative estimate of drug-likeness (QED) is 0.812. The lowest BCUT2D eigenvalue weighted by Gasteiger charge is -2.38. The fourth-order valence-corrected chi connectivity index (χ4v) is 2.68. The molecule has 2 atom stereocenters. The van der Waals surface area contributed by atoms with Crippen LogP contribution in [0.25, 0.3) is 0 Å². The van der Waals surface area contributed by atoms with E-state index in [0.29, 0.717) is 12.0 Å². The molecular formula is C17H30N2. The van der Waals surface area contributed by atoms with Gasteiger partial charge in [0.25, 0.3) is 0 Å². The number of nitrogens with one attached hydrogen (secondary N) is 1. The van der Waals surface area contributed by atoms with Gasteiger partial charge in [-0.1, -0.05) is 51.1 Å². The van der Waals surface area contributed by atoms with Gasteiger partial charge >= 0.3 is 0 Å². The molecule has 108 valence electrons. The average Bonchev–Trinajstić information content (AvgIpc) is 2.38. The zero-order valence-electron chi connectivity index (χ0n) is 13.4. The topological polar surface area (TPSA) is 15.3 Å². The summed E-state index contributed by atoms with van der Waals surface area (Å²) < 4.78 is 0. The number of benzene rings is 1. The van der Waals surface area contributed by atoms with Crippen molar-refractivity contribution in [3.63, 3.8) is 0 Å². The highest BCUT2D eigenvalue weighted by Gasteiger charge is 2.29. The summed E-state index contributed by atoms with van der Waals surface area (Å²) >= 11 is 0. The smallest absolute Gasteiger partial charge is 0.0176 e. The highest BCUT2D eigenvalue weighted by molar-refractivity contribution is 5.25. The van der Waals surface area contributed by atoms with Crippen LogP contribution in [0.2, 0.25) is 0 Å². The maximum absolute atomic E-state index is 3.35. The maximum Gasteiger partial charge on any atom is 0.0176 e. The second-order valence-electron chi connectivity index (χ2n) is 6.36. The van der Waals surface area contributed by atoms with E-state index in [2.05, 4.69) is 75.3 Å². The van der Waals surface area contributed by atoms with Crippen molar-refractivity contribution in [2.75, 3.05) is 27.2 Å². The van der Waals surface area contributed by atoms with Crippen molar-refractivity contribution < 1.29 is 0 Å². The monoisotopic (exact) mass is 262 g/mol. The van der Waals surface area contributed by atoms with Gasteiger partial charge < -0.3 is 10.2 Å². The fraction of sp³-hybridized carbons (Fsp3) is 0.647. The van der Waals surface area contributed by atoms with Gasteiger partial charge in [0.05, 0.1) is 0 Å². The van der Waals surface area contributed by atoms with Crippen LogP contribution in [0.5, 0.6) is 0 Å². The first-order valence-electron chi connectivity index (χ1n) is 7.31. The van der Waals surface area contributed by atoms with Crippen LogP contribution in [-0.4, -0.2) is 38.1 Å². The molecule has 0 radical (unpaired) electrons. The van der Waals surface area contributed by atoms with Crippen molar-refractivity contribution in [2.45, 2.75) is 39.2 Å². The minimum atomic E-state index is 0.147. The van der Waals surface area contributed by atoms with Crippen molar-refractivity contribution >= 4 is 0 Å². The molecule has 0 aliphatic heterocycles. The van der Waals surface area contributed by atoms with Crippen LogP contribution in [0.1, 0.15) is 33.3 Å². The van der Waals surface area contributed by atoms with Gasteiger partial charge in [-0.05, 0) is 32.5 Å². The molecule has 0 fully saturated rings. The molecule has 1 aromatic carbocycles. The Labute approximate surface area is 119 Å². The van der Waals surface area contributed by atoms with Gasteiger partial charge in [0, 0.05) is 24.5 Å². The van der Waals surface area contributed by atoms with Gasteiger partial charge in [0.1, 0.15) is 0 Å². The van der Waals surface area contributed by atoms with Gasteiger partial charge in [-0.3, -0.25) is 0 Å². The Morgan fingerprint density at radius 3 is 2.21 bits per heavy atom. The Balaban J connectivity index is 2.88. The van der Waals surface area contributed by atoms with Gasteiger partial charge in [0.15, 0.2) is 0 Å². The Bertz CT molecular complexity index is 361. The SMILES string of the molecule is CNCC(C)(CN(C)C(C)C(C)C)c1ccccc1. The summed E-state index contributed by atoms with van der Waals surface area (Å²) in [6, 6.07) is 11.4. The summed E-state index contributed by atoms with van der Waals surface area (Å²) in [6.07, 6.45) is 0. The van der Waals surface area contributed by atoms with Gasteiger partial charge in [-0.2, -0.15) is 0 Å². The second-order valence-corrected chi connectivity index (χ2v) is 6.36. The van der Waals surface area contributed by atoms with E-state index in [1.165, 1.54) is 5.56 Å². The molecule has 0 aromatic heterocycles. The summed E-state index contributed by atoms with van der Waals surface area (Å²) in [5.74, 6) is 0.680. The standard InChI is InChI=1S/C17H30N2/c1-14(2)15(3)19(6)13-17(4,12-18-5)16-10-8-7-9-11-16/h7-11,14-15,18H,12-13H2,1-6H3. The van der Waals surface area contributed by atoms with E-state index >= 15 is 0 Å². The molecule has 0 spiro atoms. The van der Waals surface area contributed by atoms with Crippen LogP contribution >= 0.6 is 0 Å². The van der Waals surface area contributed by atoms with Crippen LogP contribution in [-0.2, 0) is 5.41 Å². The molecule has 0 bridgehead atoms. The summed E-state index contributed by atoms with van der Waals surface area (Å²) in [5.41, 5.74) is 1.56. The molecule has 19 heavy (non-hydrogen) atoms. The van der Waals surface area contributed by atoms with E-state index in [1.807, 2.05) is 7.05 Å². The third-order valence-corrected chi connectivity index (χ3v) is 4.30. The van der Waals surface area contributed by atoms with Crippen molar-refractivity contribution in [3.05, 3.63) is 35.9 Å². The highest BCUT2D eigenvalue weighted by atomic mass is 15.1. The number of hydrogen-bond donors (Lipinski definition) is 1. The van der Waals surface area contributed by atoms with Crippen LogP contribution < -0.4 is 5.32 Å². The Hall–Kier alpha value is -0.860. The molecule has 0 aliphatic rings. The van der Waals surface area contributed by atoms with E-state index in [1.54, 1.807) is 0 Å². The highest BCUT2D eigenvalue weighted by Crippen LogP contribution is 2.25. The first-order valence-corrected chi connectivity index (χ1v) is 7.31. The zero-order chi connectivity index (χ0) is 14.5. The summed E-state index contributed by atoms with van der Waals surface area (Å²) in [5, 5.41) is 3.35. The lowest BCUT2D eigenvalue weighted by Crippen LogP contribution is -2.47. The molecule has 0 aliphatic carbocycles. The van der Waals surface area contributed by atoms with Crippen LogP contribution in [0.15, 0.2) is 30.3 Å². The van der Waals surface area contributed by atoms with Crippen molar-refractivity contribution in [1.82, 2.24) is 10.2 Å². The van der Waals surface area contributed by atoms with Crippen LogP contribution in [0.3, 0.4) is 0 Å². The maximum atomic E-state index is 3.35. The molecule has 2 heteroatoms. The Morgan fingerprint density at radius 1 is 1.16 bits per heavy atom. The van der Waals surface area contributed by atoms with Crippen LogP contribution in [0.4, 0.5) is 0 Å². The predicted molar refractivity (Wildman–Crippen MR) is 84.7 cm³/mol. The third-order valence-electron chi connectivity index (χ3n) is 4.30. The number of hydrogen-bond acceptors (Lipinski definition) is 2. The molecule has 2 nitrogen and oxygen atoms in total. The largest absolute Gasteiger partial charge is 0.319 e. The first-order chi connectivity index (χ1) is 8.90. The van der Waals surface area contributed by atoms with Gasteiger partial charge in [0.2, 0.25) is 0 Å². The average molecular weight is 262 g/mol. The summed E-state index contributed by atoms with van der Waals surface area (Å²) in [7, 11) is 4.27. The molecule has 1 aromatic rings. The molecule has 0 amide bonds. The molecule has 2 unspecified atom stereocenters. The van der Waals surface area contributed by atoms with E-state index in [0.717, 1.165) is 13.1 Å². The van der Waals surface area contributed by atoms with Crippen LogP contribution in [0, 0.1) is 5.92 Å². The molecule has 0 heterocycles. The fourth-order valence-electron chi connectivity index (χ4n) is 2.68. The summed E-state index contributed by atoms with van der Waals surface area (Å²) in [6.45, 7) is 11.3. The predicted octanol–water partition coefficient (Wildman–Crippen LogP) is 3.14. The van der Waals surface area contributed by atoms with Gasteiger partial charge in [-0.15, -0.1) is 0 Å². The molecular weight excluding hydrogens is 232 g/mol. The molecule has 0 saturated carbocycles. The lowest BCUT2D eigenvalue weighted by molar-refractivity contribution is 0.167. The normalized spacial score (nSPS) is 16.6. The molecule has 0 saturated heterocycles. The van der Waals surface area contributed by atoms with E-state index in [-0.39, 0.29) is 5.41 Å². The Kier molecular flexibility index (Phi) is 6.02. The number of rotatable bonds is 7. The van der Waals surface area contributed by atoms with E-state index in [4.69, 9.17) is 0 Å². The zero-order valence-corrected chi connectivity index (χ0v) is 13.4. The molecule has 1 N–H and O–H groups in total. The first kappa shape index (κ1) is 16.2. The minimum Gasteiger partial charge on any atom is -0.319 e. The lowest BCUT2D eigenvalue weighted by atomic mass is 9.81. The second kappa shape index (κ2) is 7.06. The number of nitrogens with zero attached hydrogens (tertiary/aromatic N) is 1. The third kappa shape index (κ3) is 4.32. The molecule has 1 rings (SSSR count). The minimum absolute atomic E-state index is 0.147. The van der Waals surface area contributed by atoms with Gasteiger partial charge in [-0.25, -0.2) is 0 Å². The van der Waals surface area contributed by atoms with Crippen molar-refractivity contribution in [3.8, 4) is 0 Å².